The first kappa shape index (κ1) is 40.6. The first-order valence-electron chi connectivity index (χ1n) is 19.7. The normalized spacial score (nSPS) is 14.6. The van der Waals surface area contributed by atoms with Crippen molar-refractivity contribution in [2.45, 2.75) is 72.6 Å². The Morgan fingerprint density at radius 2 is 0.547 bits per heavy atom. The van der Waals surface area contributed by atoms with E-state index in [4.69, 9.17) is 0 Å². The van der Waals surface area contributed by atoms with Crippen molar-refractivity contribution in [3.63, 3.8) is 0 Å². The van der Waals surface area contributed by atoms with E-state index in [9.17, 15) is 9.53 Å². The van der Waals surface area contributed by atoms with Crippen molar-refractivity contribution in [2.24, 2.45) is 0 Å². The van der Waals surface area contributed by atoms with Crippen LogP contribution >= 0.6 is 20.4 Å². The summed E-state index contributed by atoms with van der Waals surface area (Å²) in [6, 6.07) is 71.2. The van der Waals surface area contributed by atoms with Gasteiger partial charge >= 0.3 is 332 Å². The molecule has 0 aliphatic heterocycles. The fourth-order valence-corrected chi connectivity index (χ4v) is 200. The second kappa shape index (κ2) is 19.2. The Kier molecular flexibility index (Phi) is 14.7. The molecule has 282 valence electrons. The van der Waals surface area contributed by atoms with Gasteiger partial charge in [0.1, 0.15) is 0 Å². The van der Waals surface area contributed by atoms with Gasteiger partial charge in [0.25, 0.3) is 0 Å². The van der Waals surface area contributed by atoms with Gasteiger partial charge in [0.2, 0.25) is 0 Å². The summed E-state index contributed by atoms with van der Waals surface area (Å²) >= 11 is -3.66. The molecule has 0 aromatic heterocycles. The van der Waals surface area contributed by atoms with E-state index < -0.39 is 36.1 Å². The monoisotopic (exact) mass is 958 g/mol. The quantitative estimate of drug-likeness (QED) is 0.0595. The molecule has 0 saturated heterocycles. The Bertz CT molecular complexity index is 1600. The number of rotatable bonds is 18. The second-order valence-corrected chi connectivity index (χ2v) is 84.8. The molecule has 0 unspecified atom stereocenters. The molecular formula is C48H59ClP2PdSn. The van der Waals surface area contributed by atoms with Crippen LogP contribution < -0.4 is 31.8 Å². The van der Waals surface area contributed by atoms with Crippen LogP contribution in [0.2, 0.25) is 13.3 Å². The standard InChI is InChI=1S/2C18H15P.3C4H9.ClH.Pd.Sn/c2*1-4-10-16(11-5-1)19(17-12-6-2-7-13-17)18-14-8-3-9-15-18;3*1-3-4-2;;;/h2*1-15H;3*1,3-4H2,2H3;1H;;/q;;;;;;-1;/p+1. The van der Waals surface area contributed by atoms with E-state index in [2.05, 4.69) is 203 Å². The third-order valence-electron chi connectivity index (χ3n) is 10.9. The van der Waals surface area contributed by atoms with Gasteiger partial charge in [-0.25, -0.2) is 0 Å². The zero-order valence-electron chi connectivity index (χ0n) is 31.9. The van der Waals surface area contributed by atoms with Crippen LogP contribution in [0.4, 0.5) is 0 Å². The van der Waals surface area contributed by atoms with Crippen LogP contribution in [0, 0.1) is 0 Å². The number of hydrogen-bond donors (Lipinski definition) is 0. The van der Waals surface area contributed by atoms with Crippen LogP contribution in [0.1, 0.15) is 59.3 Å². The molecule has 0 N–H and O–H groups in total. The third-order valence-corrected chi connectivity index (χ3v) is 148. The van der Waals surface area contributed by atoms with E-state index in [0.29, 0.717) is 0 Å². The molecule has 0 nitrogen and oxygen atoms in total. The van der Waals surface area contributed by atoms with Crippen molar-refractivity contribution in [2.75, 3.05) is 0 Å². The molecule has 0 amide bonds. The predicted octanol–water partition coefficient (Wildman–Crippen LogP) is 11.9. The van der Waals surface area contributed by atoms with E-state index in [-0.39, 0.29) is 0 Å². The van der Waals surface area contributed by atoms with Gasteiger partial charge in [-0.15, -0.1) is 0 Å². The molecule has 53 heavy (non-hydrogen) atoms. The van der Waals surface area contributed by atoms with Gasteiger partial charge in [-0.1, -0.05) is 0 Å². The molecule has 6 rings (SSSR count). The molecule has 5 heteroatoms. The molecule has 0 radical (unpaired) electrons. The Hall–Kier alpha value is -2.07. The molecule has 0 fully saturated rings. The van der Waals surface area contributed by atoms with E-state index >= 15 is 0 Å². The summed E-state index contributed by atoms with van der Waals surface area (Å²) in [5.74, 6) is 0. The van der Waals surface area contributed by atoms with Crippen LogP contribution in [0.3, 0.4) is 0 Å². The second-order valence-electron chi connectivity index (χ2n) is 14.2. The van der Waals surface area contributed by atoms with Crippen LogP contribution in [0.25, 0.3) is 0 Å². The molecule has 0 heterocycles. The van der Waals surface area contributed by atoms with Gasteiger partial charge in [-0.05, 0) is 0 Å². The van der Waals surface area contributed by atoms with Gasteiger partial charge < -0.3 is 0 Å². The Labute approximate surface area is 329 Å². The molecular weight excluding hydrogens is 899 g/mol. The first-order valence-corrected chi connectivity index (χ1v) is 42.2. The van der Waals surface area contributed by atoms with Gasteiger partial charge in [-0.3, -0.25) is 0 Å². The van der Waals surface area contributed by atoms with Crippen molar-refractivity contribution < 1.29 is 9.93 Å². The summed E-state index contributed by atoms with van der Waals surface area (Å²) in [7, 11) is 6.79. The maximum atomic E-state index is 10.2. The molecule has 6 aromatic rings. The van der Waals surface area contributed by atoms with Crippen molar-refractivity contribution in [1.29, 1.82) is 0 Å². The zero-order valence-corrected chi connectivity index (χ0v) is 39.0. The molecule has 0 aliphatic rings. The maximum absolute atomic E-state index is 10.2. The molecule has 0 bridgehead atoms. The third kappa shape index (κ3) is 7.47. The minimum absolute atomic E-state index is 1.22. The Morgan fingerprint density at radius 3 is 0.717 bits per heavy atom. The van der Waals surface area contributed by atoms with Crippen LogP contribution in [0.15, 0.2) is 182 Å². The average molecular weight is 959 g/mol. The van der Waals surface area contributed by atoms with Gasteiger partial charge in [0, 0.05) is 0 Å². The topological polar surface area (TPSA) is 0 Å². The molecule has 0 saturated carbocycles. The average Bonchev–Trinajstić information content (AvgIpc) is 3.23. The Morgan fingerprint density at radius 1 is 0.358 bits per heavy atom. The van der Waals surface area contributed by atoms with Gasteiger partial charge in [0.05, 0.1) is 0 Å². The van der Waals surface area contributed by atoms with Crippen molar-refractivity contribution in [3.8, 4) is 0 Å². The SMILES string of the molecule is CCC[CH2][Sn]([CH2]CCC)([CH2]CCC)[Pd]([Cl])([PH](c1ccccc1)(c1ccccc1)c1ccccc1)[PH](c1ccccc1)(c1ccccc1)c1ccccc1. The number of hydrogen-bond acceptors (Lipinski definition) is 0. The van der Waals surface area contributed by atoms with Crippen molar-refractivity contribution in [3.05, 3.63) is 182 Å². The van der Waals surface area contributed by atoms with Crippen LogP contribution in [-0.4, -0.2) is 15.3 Å². The number of halogens is 1. The molecule has 6 aromatic carbocycles. The van der Waals surface area contributed by atoms with Crippen LogP contribution in [-0.2, 0) is 9.93 Å². The zero-order chi connectivity index (χ0) is 37.0. The summed E-state index contributed by atoms with van der Waals surface area (Å²) in [5, 5.41) is 9.05. The molecule has 0 aliphatic carbocycles. The van der Waals surface area contributed by atoms with Crippen molar-refractivity contribution >= 4 is 67.6 Å². The molecule has 0 spiro atoms. The summed E-state index contributed by atoms with van der Waals surface area (Å²) < 4.78 is 4.11. The molecule has 0 atom stereocenters. The van der Waals surface area contributed by atoms with Gasteiger partial charge in [-0.2, -0.15) is 0 Å². The minimum atomic E-state index is -3.66. The number of benzene rings is 6. The predicted molar refractivity (Wildman–Crippen MR) is 244 cm³/mol. The van der Waals surface area contributed by atoms with E-state index in [0.717, 1.165) is 0 Å². The summed E-state index contributed by atoms with van der Waals surface area (Å²) in [5.41, 5.74) is -6.15. The number of unbranched alkanes of at least 4 members (excludes halogenated alkanes) is 3. The van der Waals surface area contributed by atoms with E-state index in [1.165, 1.54) is 83.7 Å². The van der Waals surface area contributed by atoms with E-state index in [1.807, 2.05) is 0 Å². The van der Waals surface area contributed by atoms with Gasteiger partial charge in [0.15, 0.2) is 0 Å². The summed E-state index contributed by atoms with van der Waals surface area (Å²) in [4.78, 5) is 0. The van der Waals surface area contributed by atoms with E-state index in [1.54, 1.807) is 0 Å². The summed E-state index contributed by atoms with van der Waals surface area (Å²) in [6.45, 7) is 7.25. The summed E-state index contributed by atoms with van der Waals surface area (Å²) in [6.07, 6.45) is 7.48. The first-order chi connectivity index (χ1) is 26.1. The Balaban J connectivity index is 2.02. The van der Waals surface area contributed by atoms with Crippen LogP contribution in [0.5, 0.6) is 0 Å². The van der Waals surface area contributed by atoms with Crippen molar-refractivity contribution in [1.82, 2.24) is 0 Å². The fourth-order valence-electron chi connectivity index (χ4n) is 8.53. The fraction of sp³-hybridized carbons (Fsp3) is 0.250.